The molecule has 0 unspecified atom stereocenters. The van der Waals surface area contributed by atoms with E-state index in [1.165, 1.54) is 11.8 Å². The topological polar surface area (TPSA) is 60.9 Å². The van der Waals surface area contributed by atoms with Gasteiger partial charge in [-0.2, -0.15) is 0 Å². The third-order valence-electron chi connectivity index (χ3n) is 3.96. The molecule has 1 aromatic carbocycles. The molecule has 0 amide bonds. The van der Waals surface area contributed by atoms with E-state index in [1.807, 2.05) is 61.7 Å². The van der Waals surface area contributed by atoms with E-state index in [1.54, 1.807) is 15.9 Å². The molecule has 0 spiro atoms. The van der Waals surface area contributed by atoms with Gasteiger partial charge in [0.25, 0.3) is 5.56 Å². The summed E-state index contributed by atoms with van der Waals surface area (Å²) in [6.45, 7) is 3.99. The number of rotatable bonds is 5. The number of fused-ring (bicyclic) bond motifs is 1. The lowest BCUT2D eigenvalue weighted by atomic mass is 10.2. The number of thioether (sulfide) groups is 1. The average molecular weight is 383 g/mol. The molecule has 26 heavy (non-hydrogen) atoms. The van der Waals surface area contributed by atoms with Crippen LogP contribution in [0.25, 0.3) is 21.5 Å². The highest BCUT2D eigenvalue weighted by molar-refractivity contribution is 7.98. The third-order valence-corrected chi connectivity index (χ3v) is 5.83. The van der Waals surface area contributed by atoms with Gasteiger partial charge in [0.15, 0.2) is 10.9 Å². The van der Waals surface area contributed by atoms with Crippen LogP contribution in [0, 0.1) is 0 Å². The Labute approximate surface area is 158 Å². The molecular formula is C19H17N3O2S2. The van der Waals surface area contributed by atoms with Crippen LogP contribution in [0.15, 0.2) is 62.3 Å². The van der Waals surface area contributed by atoms with Gasteiger partial charge in [-0.15, -0.1) is 11.3 Å². The van der Waals surface area contributed by atoms with Crippen LogP contribution < -0.4 is 5.56 Å². The van der Waals surface area contributed by atoms with Crippen molar-refractivity contribution in [2.75, 3.05) is 0 Å². The van der Waals surface area contributed by atoms with E-state index in [0.29, 0.717) is 16.3 Å². The summed E-state index contributed by atoms with van der Waals surface area (Å²) in [5.41, 5.74) is 1.54. The SMILES string of the molecule is CC(C)n1c(SCc2cc(-c3cccs3)on2)nc2ccccc2c1=O. The van der Waals surface area contributed by atoms with E-state index >= 15 is 0 Å². The maximum Gasteiger partial charge on any atom is 0.262 e. The van der Waals surface area contributed by atoms with Gasteiger partial charge >= 0.3 is 0 Å². The Morgan fingerprint density at radius 3 is 2.85 bits per heavy atom. The molecule has 0 aliphatic carbocycles. The largest absolute Gasteiger partial charge is 0.355 e. The molecule has 0 saturated carbocycles. The van der Waals surface area contributed by atoms with Gasteiger partial charge in [-0.3, -0.25) is 9.36 Å². The minimum atomic E-state index is -0.00692. The number of nitrogens with zero attached hydrogens (tertiary/aromatic N) is 3. The number of hydrogen-bond acceptors (Lipinski definition) is 6. The number of hydrogen-bond donors (Lipinski definition) is 0. The van der Waals surface area contributed by atoms with Crippen molar-refractivity contribution in [2.45, 2.75) is 30.8 Å². The minimum absolute atomic E-state index is 0.00692. The van der Waals surface area contributed by atoms with Crippen LogP contribution in [-0.2, 0) is 5.75 Å². The van der Waals surface area contributed by atoms with Crippen LogP contribution in [0.5, 0.6) is 0 Å². The van der Waals surface area contributed by atoms with Crippen LogP contribution >= 0.6 is 23.1 Å². The molecule has 4 rings (SSSR count). The quantitative estimate of drug-likeness (QED) is 0.359. The first-order valence-corrected chi connectivity index (χ1v) is 10.1. The molecule has 0 aliphatic heterocycles. The highest BCUT2D eigenvalue weighted by atomic mass is 32.2. The molecule has 0 bridgehead atoms. The van der Waals surface area contributed by atoms with E-state index in [0.717, 1.165) is 21.8 Å². The monoisotopic (exact) mass is 383 g/mol. The van der Waals surface area contributed by atoms with Crippen molar-refractivity contribution in [1.29, 1.82) is 0 Å². The molecule has 0 radical (unpaired) electrons. The van der Waals surface area contributed by atoms with Gasteiger partial charge in [-0.25, -0.2) is 4.98 Å². The van der Waals surface area contributed by atoms with E-state index < -0.39 is 0 Å². The lowest BCUT2D eigenvalue weighted by Crippen LogP contribution is -2.25. The summed E-state index contributed by atoms with van der Waals surface area (Å²) in [6, 6.07) is 13.4. The Balaban J connectivity index is 1.65. The standard InChI is InChI=1S/C19H17N3O2S2/c1-12(2)22-18(23)14-6-3-4-7-15(14)20-19(22)26-11-13-10-16(24-21-13)17-8-5-9-25-17/h3-10,12H,11H2,1-2H3. The van der Waals surface area contributed by atoms with E-state index in [4.69, 9.17) is 9.51 Å². The predicted molar refractivity (Wildman–Crippen MR) is 106 cm³/mol. The molecule has 0 fully saturated rings. The highest BCUT2D eigenvalue weighted by Crippen LogP contribution is 2.28. The fraction of sp³-hybridized carbons (Fsp3) is 0.211. The first-order valence-electron chi connectivity index (χ1n) is 8.27. The lowest BCUT2D eigenvalue weighted by molar-refractivity contribution is 0.427. The van der Waals surface area contributed by atoms with Gasteiger partial charge in [-0.05, 0) is 37.4 Å². The Hall–Kier alpha value is -2.38. The van der Waals surface area contributed by atoms with Crippen molar-refractivity contribution in [1.82, 2.24) is 14.7 Å². The second kappa shape index (κ2) is 7.09. The van der Waals surface area contributed by atoms with E-state index in [-0.39, 0.29) is 11.6 Å². The second-order valence-corrected chi connectivity index (χ2v) is 8.02. The number of benzene rings is 1. The normalized spacial score (nSPS) is 11.5. The third kappa shape index (κ3) is 3.20. The predicted octanol–water partition coefficient (Wildman–Crippen LogP) is 4.99. The van der Waals surface area contributed by atoms with Crippen molar-refractivity contribution in [2.24, 2.45) is 0 Å². The van der Waals surface area contributed by atoms with Crippen LogP contribution in [0.3, 0.4) is 0 Å². The summed E-state index contributed by atoms with van der Waals surface area (Å²) in [5, 5.41) is 7.49. The van der Waals surface area contributed by atoms with Gasteiger partial charge in [0.05, 0.1) is 21.5 Å². The maximum absolute atomic E-state index is 12.8. The molecule has 5 nitrogen and oxygen atoms in total. The highest BCUT2D eigenvalue weighted by Gasteiger charge is 2.15. The minimum Gasteiger partial charge on any atom is -0.355 e. The fourth-order valence-corrected chi connectivity index (χ4v) is 4.42. The van der Waals surface area contributed by atoms with Crippen molar-refractivity contribution in [3.8, 4) is 10.6 Å². The molecule has 4 aromatic rings. The Morgan fingerprint density at radius 2 is 2.08 bits per heavy atom. The van der Waals surface area contributed by atoms with E-state index in [9.17, 15) is 4.79 Å². The summed E-state index contributed by atoms with van der Waals surface area (Å²) >= 11 is 3.12. The Kier molecular flexibility index (Phi) is 4.65. The van der Waals surface area contributed by atoms with Crippen molar-refractivity contribution in [3.63, 3.8) is 0 Å². The summed E-state index contributed by atoms with van der Waals surface area (Å²) in [5.74, 6) is 1.36. The zero-order valence-corrected chi connectivity index (χ0v) is 16.0. The molecule has 3 heterocycles. The second-order valence-electron chi connectivity index (χ2n) is 6.13. The first kappa shape index (κ1) is 17.1. The molecule has 0 atom stereocenters. The van der Waals surface area contributed by atoms with Crippen LogP contribution in [-0.4, -0.2) is 14.7 Å². The number of thiophene rings is 1. The first-order chi connectivity index (χ1) is 12.6. The Bertz CT molecular complexity index is 1100. The van der Waals surface area contributed by atoms with Crippen LogP contribution in [0.4, 0.5) is 0 Å². The number of aromatic nitrogens is 3. The van der Waals surface area contributed by atoms with Crippen LogP contribution in [0.1, 0.15) is 25.6 Å². The molecule has 7 heteroatoms. The summed E-state index contributed by atoms with van der Waals surface area (Å²) in [6.07, 6.45) is 0. The van der Waals surface area contributed by atoms with Gasteiger partial charge < -0.3 is 4.52 Å². The maximum atomic E-state index is 12.8. The molecule has 0 aliphatic rings. The number of para-hydroxylation sites is 1. The van der Waals surface area contributed by atoms with Crippen molar-refractivity contribution in [3.05, 3.63) is 63.9 Å². The van der Waals surface area contributed by atoms with Gasteiger partial charge in [0.2, 0.25) is 0 Å². The molecule has 3 aromatic heterocycles. The zero-order chi connectivity index (χ0) is 18.1. The van der Waals surface area contributed by atoms with Crippen molar-refractivity contribution >= 4 is 34.0 Å². The van der Waals surface area contributed by atoms with Crippen molar-refractivity contribution < 1.29 is 4.52 Å². The molecular weight excluding hydrogens is 366 g/mol. The van der Waals surface area contributed by atoms with Gasteiger partial charge in [0.1, 0.15) is 0 Å². The van der Waals surface area contributed by atoms with E-state index in [2.05, 4.69) is 5.16 Å². The Morgan fingerprint density at radius 1 is 1.23 bits per heavy atom. The van der Waals surface area contributed by atoms with Gasteiger partial charge in [-0.1, -0.05) is 35.1 Å². The summed E-state index contributed by atoms with van der Waals surface area (Å²) < 4.78 is 7.17. The zero-order valence-electron chi connectivity index (χ0n) is 14.4. The van der Waals surface area contributed by atoms with Crippen LogP contribution in [0.2, 0.25) is 0 Å². The summed E-state index contributed by atoms with van der Waals surface area (Å²) in [4.78, 5) is 18.6. The average Bonchev–Trinajstić information content (AvgIpc) is 3.31. The molecule has 0 saturated heterocycles. The summed E-state index contributed by atoms with van der Waals surface area (Å²) in [7, 11) is 0. The molecule has 0 N–H and O–H groups in total. The molecule has 132 valence electrons. The smallest absolute Gasteiger partial charge is 0.262 e. The fourth-order valence-electron chi connectivity index (χ4n) is 2.74. The van der Waals surface area contributed by atoms with Gasteiger partial charge in [0, 0.05) is 17.9 Å². The lowest BCUT2D eigenvalue weighted by Gasteiger charge is -2.15.